The van der Waals surface area contributed by atoms with Gasteiger partial charge in [-0.15, -0.1) is 0 Å². The van der Waals surface area contributed by atoms with Crippen LogP contribution in [0.15, 0.2) is 71.4 Å². The number of hydrogen-bond acceptors (Lipinski definition) is 3. The first-order chi connectivity index (χ1) is 15.9. The van der Waals surface area contributed by atoms with Crippen LogP contribution in [0.1, 0.15) is 23.6 Å². The molecule has 1 N–H and O–H groups in total. The Hall–Kier alpha value is -3.93. The fraction of sp³-hybridized carbons (Fsp3) is 0.148. The molecule has 1 heterocycles. The van der Waals surface area contributed by atoms with Crippen LogP contribution in [0.2, 0.25) is 0 Å². The van der Waals surface area contributed by atoms with Gasteiger partial charge >= 0.3 is 0 Å². The number of hydrogen-bond donors (Lipinski definition) is 1. The van der Waals surface area contributed by atoms with Crippen molar-refractivity contribution in [2.75, 3.05) is 7.11 Å². The Labute approximate surface area is 190 Å². The zero-order valence-corrected chi connectivity index (χ0v) is 18.5. The molecule has 1 amide bonds. The summed E-state index contributed by atoms with van der Waals surface area (Å²) in [4.78, 5) is 12.5. The summed E-state index contributed by atoms with van der Waals surface area (Å²) in [6.45, 7) is 3.55. The van der Waals surface area contributed by atoms with E-state index in [1.165, 1.54) is 12.1 Å². The fourth-order valence-electron chi connectivity index (χ4n) is 3.69. The second-order valence-corrected chi connectivity index (χ2v) is 7.81. The molecule has 0 unspecified atom stereocenters. The van der Waals surface area contributed by atoms with Gasteiger partial charge in [-0.25, -0.2) is 8.78 Å². The third-order valence-corrected chi connectivity index (χ3v) is 5.53. The minimum Gasteiger partial charge on any atom is -0.496 e. The van der Waals surface area contributed by atoms with Crippen molar-refractivity contribution in [2.24, 2.45) is 0 Å². The lowest BCUT2D eigenvalue weighted by atomic mass is 9.99. The molecule has 0 fully saturated rings. The van der Waals surface area contributed by atoms with Crippen LogP contribution in [0, 0.1) is 18.6 Å². The van der Waals surface area contributed by atoms with Crippen molar-refractivity contribution in [3.8, 4) is 16.9 Å². The highest BCUT2D eigenvalue weighted by atomic mass is 19.1. The monoisotopic (exact) mass is 447 g/mol. The van der Waals surface area contributed by atoms with E-state index in [0.717, 1.165) is 34.2 Å². The molecule has 0 aliphatic carbocycles. The average molecular weight is 447 g/mol. The van der Waals surface area contributed by atoms with E-state index >= 15 is 0 Å². The van der Waals surface area contributed by atoms with Gasteiger partial charge in [-0.05, 0) is 43.2 Å². The van der Waals surface area contributed by atoms with E-state index in [-0.39, 0.29) is 12.1 Å². The highest BCUT2D eigenvalue weighted by molar-refractivity contribution is 6.00. The van der Waals surface area contributed by atoms with Crippen molar-refractivity contribution in [3.05, 3.63) is 95.3 Å². The number of halogens is 2. The maximum Gasteiger partial charge on any atom is 0.244 e. The molecule has 0 bridgehead atoms. The molecule has 0 spiro atoms. The lowest BCUT2D eigenvalue weighted by Gasteiger charge is -2.11. The van der Waals surface area contributed by atoms with Crippen LogP contribution in [-0.4, -0.2) is 13.0 Å². The van der Waals surface area contributed by atoms with Gasteiger partial charge in [0.15, 0.2) is 0 Å². The molecule has 0 aliphatic rings. The normalized spacial score (nSPS) is 11.6. The quantitative estimate of drug-likeness (QED) is 0.347. The Morgan fingerprint density at radius 3 is 2.45 bits per heavy atom. The summed E-state index contributed by atoms with van der Waals surface area (Å²) in [5.74, 6) is -1.32. The summed E-state index contributed by atoms with van der Waals surface area (Å²) >= 11 is 0. The molecule has 4 aromatic rings. The van der Waals surface area contributed by atoms with Gasteiger partial charge in [0.05, 0.1) is 13.4 Å². The molecule has 0 atom stereocenters. The molecular weight excluding hydrogens is 424 g/mol. The highest BCUT2D eigenvalue weighted by Crippen LogP contribution is 2.37. The number of nitrogens with one attached hydrogen (secondary N) is 1. The predicted octanol–water partition coefficient (Wildman–Crippen LogP) is 6.41. The van der Waals surface area contributed by atoms with E-state index in [1.807, 2.05) is 37.3 Å². The van der Waals surface area contributed by atoms with Gasteiger partial charge in [0.25, 0.3) is 0 Å². The van der Waals surface area contributed by atoms with E-state index < -0.39 is 17.5 Å². The summed E-state index contributed by atoms with van der Waals surface area (Å²) in [5, 5.41) is 3.42. The number of furan rings is 1. The zero-order valence-electron chi connectivity index (χ0n) is 18.5. The van der Waals surface area contributed by atoms with Crippen molar-refractivity contribution < 1.29 is 22.7 Å². The second kappa shape index (κ2) is 9.28. The first kappa shape index (κ1) is 22.3. The summed E-state index contributed by atoms with van der Waals surface area (Å²) in [6, 6.07) is 15.4. The summed E-state index contributed by atoms with van der Waals surface area (Å²) in [5.41, 5.74) is 4.94. The Morgan fingerprint density at radius 2 is 1.79 bits per heavy atom. The highest BCUT2D eigenvalue weighted by Gasteiger charge is 2.15. The summed E-state index contributed by atoms with van der Waals surface area (Å²) in [6.07, 6.45) is 3.08. The van der Waals surface area contributed by atoms with Crippen LogP contribution in [0.25, 0.3) is 27.7 Å². The molecule has 3 aromatic carbocycles. The van der Waals surface area contributed by atoms with Gasteiger partial charge < -0.3 is 14.5 Å². The van der Waals surface area contributed by atoms with Crippen LogP contribution in [0.5, 0.6) is 5.75 Å². The number of fused-ring (bicyclic) bond motifs is 1. The third kappa shape index (κ3) is 4.65. The van der Waals surface area contributed by atoms with Crippen LogP contribution in [0.3, 0.4) is 0 Å². The van der Waals surface area contributed by atoms with Crippen molar-refractivity contribution in [1.82, 2.24) is 5.32 Å². The lowest BCUT2D eigenvalue weighted by Crippen LogP contribution is -2.22. The van der Waals surface area contributed by atoms with E-state index in [4.69, 9.17) is 9.15 Å². The molecule has 0 saturated carbocycles. The third-order valence-electron chi connectivity index (χ3n) is 5.53. The predicted molar refractivity (Wildman–Crippen MR) is 125 cm³/mol. The van der Waals surface area contributed by atoms with Crippen LogP contribution in [-0.2, 0) is 11.3 Å². The molecule has 6 heteroatoms. The standard InChI is InChI=1S/C27H23F2NO3/c1-16-7-9-18(10-8-16)22-15-33-26-13-25(32-3)19(12-20(22)26)17(2)11-27(31)30-14-21-23(28)5-4-6-24(21)29/h4-13,15H,14H2,1-3H3,(H,30,31)/b17-11+. The molecule has 0 radical (unpaired) electrons. The number of aryl methyl sites for hydroxylation is 1. The molecule has 0 aliphatic heterocycles. The van der Waals surface area contributed by atoms with E-state index in [9.17, 15) is 13.6 Å². The van der Waals surface area contributed by atoms with Crippen molar-refractivity contribution in [1.29, 1.82) is 0 Å². The van der Waals surface area contributed by atoms with E-state index in [1.54, 1.807) is 26.4 Å². The molecule has 4 rings (SSSR count). The van der Waals surface area contributed by atoms with Crippen molar-refractivity contribution >= 4 is 22.4 Å². The first-order valence-corrected chi connectivity index (χ1v) is 10.4. The number of rotatable bonds is 6. The average Bonchev–Trinajstić information content (AvgIpc) is 3.21. The number of ether oxygens (including phenoxy) is 1. The van der Waals surface area contributed by atoms with Gasteiger partial charge in [0.1, 0.15) is 23.0 Å². The maximum absolute atomic E-state index is 13.8. The number of benzene rings is 3. The lowest BCUT2D eigenvalue weighted by molar-refractivity contribution is -0.116. The number of carbonyl (C=O) groups is 1. The van der Waals surface area contributed by atoms with E-state index in [2.05, 4.69) is 5.32 Å². The molecule has 168 valence electrons. The number of methoxy groups -OCH3 is 1. The van der Waals surface area contributed by atoms with Gasteiger partial charge in [0.2, 0.25) is 5.91 Å². The van der Waals surface area contributed by atoms with Gasteiger partial charge in [0, 0.05) is 40.8 Å². The SMILES string of the molecule is COc1cc2occ(-c3ccc(C)cc3)c2cc1/C(C)=C/C(=O)NCc1c(F)cccc1F. The molecule has 33 heavy (non-hydrogen) atoms. The number of amides is 1. The Balaban J connectivity index is 1.64. The topological polar surface area (TPSA) is 51.5 Å². The molecule has 0 saturated heterocycles. The second-order valence-electron chi connectivity index (χ2n) is 7.81. The van der Waals surface area contributed by atoms with Crippen LogP contribution in [0.4, 0.5) is 8.78 Å². The number of carbonyl (C=O) groups excluding carboxylic acids is 1. The Bertz CT molecular complexity index is 1330. The largest absolute Gasteiger partial charge is 0.496 e. The van der Waals surface area contributed by atoms with E-state index in [0.29, 0.717) is 22.5 Å². The zero-order chi connectivity index (χ0) is 23.5. The first-order valence-electron chi connectivity index (χ1n) is 10.4. The van der Waals surface area contributed by atoms with Crippen molar-refractivity contribution in [3.63, 3.8) is 0 Å². The number of allylic oxidation sites excluding steroid dienone is 1. The molecular formula is C27H23F2NO3. The Morgan fingerprint density at radius 1 is 1.09 bits per heavy atom. The summed E-state index contributed by atoms with van der Waals surface area (Å²) in [7, 11) is 1.54. The summed E-state index contributed by atoms with van der Waals surface area (Å²) < 4.78 is 38.9. The van der Waals surface area contributed by atoms with Gasteiger partial charge in [-0.3, -0.25) is 4.79 Å². The fourth-order valence-corrected chi connectivity index (χ4v) is 3.69. The smallest absolute Gasteiger partial charge is 0.244 e. The molecule has 1 aromatic heterocycles. The van der Waals surface area contributed by atoms with Crippen LogP contribution < -0.4 is 10.1 Å². The minimum absolute atomic E-state index is 0.183. The van der Waals surface area contributed by atoms with Crippen molar-refractivity contribution in [2.45, 2.75) is 20.4 Å². The minimum atomic E-state index is -0.702. The maximum atomic E-state index is 13.8. The molecule has 4 nitrogen and oxygen atoms in total. The Kier molecular flexibility index (Phi) is 6.27. The van der Waals surface area contributed by atoms with Gasteiger partial charge in [-0.2, -0.15) is 0 Å². The van der Waals surface area contributed by atoms with Crippen LogP contribution >= 0.6 is 0 Å². The van der Waals surface area contributed by atoms with Gasteiger partial charge in [-0.1, -0.05) is 35.9 Å².